The third-order valence-electron chi connectivity index (χ3n) is 2.35. The number of thiophene rings is 1. The van der Waals surface area contributed by atoms with Crippen LogP contribution in [0, 0.1) is 0 Å². The Labute approximate surface area is 131 Å². The first kappa shape index (κ1) is 13.9. The summed E-state index contributed by atoms with van der Waals surface area (Å²) < 4.78 is 1.14. The molecule has 1 aromatic carbocycles. The summed E-state index contributed by atoms with van der Waals surface area (Å²) in [6.07, 6.45) is 0.889. The van der Waals surface area contributed by atoms with E-state index in [-0.39, 0.29) is 0 Å². The first-order valence-corrected chi connectivity index (χ1v) is 8.22. The van der Waals surface area contributed by atoms with Gasteiger partial charge in [-0.25, -0.2) is 0 Å². The van der Waals surface area contributed by atoms with Crippen LogP contribution < -0.4 is 0 Å². The predicted molar refractivity (Wildman–Crippen MR) is 83.9 cm³/mol. The van der Waals surface area contributed by atoms with Crippen molar-refractivity contribution in [2.75, 3.05) is 0 Å². The van der Waals surface area contributed by atoms with Gasteiger partial charge in [-0.15, -0.1) is 11.3 Å². The molecule has 0 aliphatic heterocycles. The lowest BCUT2D eigenvalue weighted by Gasteiger charge is -2.08. The fraction of sp³-hybridized carbons (Fsp3) is 0.167. The molecule has 2 aromatic rings. The molecule has 1 aromatic heterocycles. The first-order valence-electron chi connectivity index (χ1n) is 4.88. The van der Waals surface area contributed by atoms with Crippen molar-refractivity contribution in [1.29, 1.82) is 0 Å². The second-order valence-corrected chi connectivity index (χ2v) is 7.81. The highest BCUT2D eigenvalue weighted by atomic mass is 79.9. The predicted octanol–water partition coefficient (Wildman–Crippen LogP) is 6.50. The standard InChI is InChI=1S/C12H8Br2Cl2S/c13-9(8-5-12(14)17-6-8)3-7-1-2-10(15)11(16)4-7/h1-2,4-6,9H,3H2. The van der Waals surface area contributed by atoms with E-state index in [2.05, 4.69) is 43.3 Å². The molecule has 1 heterocycles. The molecule has 0 aliphatic rings. The van der Waals surface area contributed by atoms with Gasteiger partial charge in [-0.1, -0.05) is 45.2 Å². The molecule has 0 N–H and O–H groups in total. The highest BCUT2D eigenvalue weighted by Gasteiger charge is 2.11. The van der Waals surface area contributed by atoms with Crippen LogP contribution in [0.2, 0.25) is 10.0 Å². The minimum absolute atomic E-state index is 0.294. The third-order valence-corrected chi connectivity index (χ3v) is 5.46. The summed E-state index contributed by atoms with van der Waals surface area (Å²) in [4.78, 5) is 0.294. The summed E-state index contributed by atoms with van der Waals surface area (Å²) in [5.74, 6) is 0. The summed E-state index contributed by atoms with van der Waals surface area (Å²) in [7, 11) is 0. The Hall–Kier alpha value is 0.460. The van der Waals surface area contributed by atoms with E-state index in [9.17, 15) is 0 Å². The van der Waals surface area contributed by atoms with Crippen molar-refractivity contribution in [3.63, 3.8) is 0 Å². The van der Waals surface area contributed by atoms with E-state index in [0.29, 0.717) is 14.9 Å². The zero-order valence-corrected chi connectivity index (χ0v) is 14.1. The van der Waals surface area contributed by atoms with Crippen molar-refractivity contribution in [1.82, 2.24) is 0 Å². The maximum Gasteiger partial charge on any atom is 0.0701 e. The topological polar surface area (TPSA) is 0 Å². The van der Waals surface area contributed by atoms with Gasteiger partial charge in [-0.3, -0.25) is 0 Å². The van der Waals surface area contributed by atoms with E-state index < -0.39 is 0 Å². The van der Waals surface area contributed by atoms with Crippen LogP contribution in [-0.2, 0) is 6.42 Å². The number of alkyl halides is 1. The molecule has 5 heteroatoms. The zero-order chi connectivity index (χ0) is 12.4. The lowest BCUT2D eigenvalue weighted by atomic mass is 10.1. The Bertz CT molecular complexity index is 525. The van der Waals surface area contributed by atoms with Gasteiger partial charge in [0.15, 0.2) is 0 Å². The van der Waals surface area contributed by atoms with Gasteiger partial charge in [0.1, 0.15) is 0 Å². The van der Waals surface area contributed by atoms with E-state index in [0.717, 1.165) is 10.2 Å². The molecule has 0 amide bonds. The summed E-state index contributed by atoms with van der Waals surface area (Å²) in [6, 6.07) is 7.88. The number of hydrogen-bond donors (Lipinski definition) is 0. The maximum absolute atomic E-state index is 5.99. The average molecular weight is 415 g/mol. The van der Waals surface area contributed by atoms with Crippen molar-refractivity contribution in [3.8, 4) is 0 Å². The molecule has 0 aliphatic carbocycles. The van der Waals surface area contributed by atoms with Gasteiger partial charge in [-0.05, 0) is 57.1 Å². The van der Waals surface area contributed by atoms with Crippen molar-refractivity contribution >= 4 is 66.4 Å². The lowest BCUT2D eigenvalue weighted by Crippen LogP contribution is -1.93. The summed E-state index contributed by atoms with van der Waals surface area (Å²) in [5, 5.41) is 3.34. The van der Waals surface area contributed by atoms with Gasteiger partial charge in [-0.2, -0.15) is 0 Å². The monoisotopic (exact) mass is 412 g/mol. The molecule has 1 atom stereocenters. The normalized spacial score (nSPS) is 12.7. The van der Waals surface area contributed by atoms with Gasteiger partial charge in [0, 0.05) is 4.83 Å². The lowest BCUT2D eigenvalue weighted by molar-refractivity contribution is 0.954. The number of benzene rings is 1. The van der Waals surface area contributed by atoms with Crippen LogP contribution in [0.3, 0.4) is 0 Å². The highest BCUT2D eigenvalue weighted by Crippen LogP contribution is 2.33. The molecule has 0 fully saturated rings. The largest absolute Gasteiger partial charge is 0.137 e. The van der Waals surface area contributed by atoms with Crippen LogP contribution in [0.5, 0.6) is 0 Å². The average Bonchev–Trinajstić information content (AvgIpc) is 2.70. The van der Waals surface area contributed by atoms with Crippen LogP contribution in [0.15, 0.2) is 33.4 Å². The molecule has 0 radical (unpaired) electrons. The molecule has 1 unspecified atom stereocenters. The van der Waals surface area contributed by atoms with E-state index in [1.54, 1.807) is 11.3 Å². The first-order chi connectivity index (χ1) is 8.06. The quantitative estimate of drug-likeness (QED) is 0.503. The van der Waals surface area contributed by atoms with Crippen LogP contribution in [0.4, 0.5) is 0 Å². The van der Waals surface area contributed by atoms with Crippen molar-refractivity contribution < 1.29 is 0 Å². The Balaban J connectivity index is 2.12. The summed E-state index contributed by atoms with van der Waals surface area (Å²) >= 11 is 20.7. The van der Waals surface area contributed by atoms with E-state index in [1.165, 1.54) is 11.1 Å². The Morgan fingerprint density at radius 2 is 1.94 bits per heavy atom. The number of rotatable bonds is 3. The van der Waals surface area contributed by atoms with E-state index >= 15 is 0 Å². The molecule has 0 bridgehead atoms. The Morgan fingerprint density at radius 1 is 1.18 bits per heavy atom. The van der Waals surface area contributed by atoms with E-state index in [1.807, 2.05) is 18.2 Å². The fourth-order valence-corrected chi connectivity index (χ4v) is 3.84. The zero-order valence-electron chi connectivity index (χ0n) is 8.59. The van der Waals surface area contributed by atoms with Crippen LogP contribution >= 0.6 is 66.4 Å². The minimum Gasteiger partial charge on any atom is -0.137 e. The number of hydrogen-bond acceptors (Lipinski definition) is 1. The molecular formula is C12H8Br2Cl2S. The van der Waals surface area contributed by atoms with E-state index in [4.69, 9.17) is 23.2 Å². The molecular weight excluding hydrogens is 407 g/mol. The second-order valence-electron chi connectivity index (χ2n) is 3.60. The minimum atomic E-state index is 0.294. The van der Waals surface area contributed by atoms with Crippen molar-refractivity contribution in [2.45, 2.75) is 11.2 Å². The maximum atomic E-state index is 5.99. The van der Waals surface area contributed by atoms with Crippen LogP contribution in [0.25, 0.3) is 0 Å². The summed E-state index contributed by atoms with van der Waals surface area (Å²) in [5.41, 5.74) is 2.44. The number of halogens is 4. The molecule has 0 spiro atoms. The van der Waals surface area contributed by atoms with Gasteiger partial charge in [0.05, 0.1) is 13.8 Å². The smallest absolute Gasteiger partial charge is 0.0701 e. The third kappa shape index (κ3) is 3.71. The Morgan fingerprint density at radius 3 is 2.53 bits per heavy atom. The molecule has 2 rings (SSSR count). The summed E-state index contributed by atoms with van der Waals surface area (Å²) in [6.45, 7) is 0. The van der Waals surface area contributed by atoms with Gasteiger partial charge in [0.2, 0.25) is 0 Å². The van der Waals surface area contributed by atoms with Gasteiger partial charge in [0.25, 0.3) is 0 Å². The van der Waals surface area contributed by atoms with Crippen molar-refractivity contribution in [3.05, 3.63) is 54.6 Å². The Kier molecular flexibility index (Phi) is 4.96. The molecule has 0 nitrogen and oxygen atoms in total. The van der Waals surface area contributed by atoms with Crippen molar-refractivity contribution in [2.24, 2.45) is 0 Å². The second kappa shape index (κ2) is 6.07. The fourth-order valence-electron chi connectivity index (χ4n) is 1.48. The highest BCUT2D eigenvalue weighted by molar-refractivity contribution is 9.11. The molecule has 0 saturated carbocycles. The SMILES string of the molecule is Clc1ccc(CC(Br)c2csc(Br)c2)cc1Cl. The molecule has 0 saturated heterocycles. The van der Waals surface area contributed by atoms with Gasteiger partial charge < -0.3 is 0 Å². The van der Waals surface area contributed by atoms with Gasteiger partial charge >= 0.3 is 0 Å². The van der Waals surface area contributed by atoms with Crippen LogP contribution in [0.1, 0.15) is 16.0 Å². The van der Waals surface area contributed by atoms with Crippen LogP contribution in [-0.4, -0.2) is 0 Å². The molecule has 17 heavy (non-hydrogen) atoms. The molecule has 90 valence electrons.